The van der Waals surface area contributed by atoms with Gasteiger partial charge >= 0.3 is 0 Å². The average molecular weight is 392 g/mol. The van der Waals surface area contributed by atoms with Crippen molar-refractivity contribution < 1.29 is 4.79 Å². The summed E-state index contributed by atoms with van der Waals surface area (Å²) in [6.45, 7) is 0.545. The summed E-state index contributed by atoms with van der Waals surface area (Å²) in [6, 6.07) is 40.6. The Morgan fingerprint density at radius 3 is 1.23 bits per heavy atom. The monoisotopic (exact) mass is 391 g/mol. The molecular formula is C28H25NO. The Hall–Kier alpha value is -3.65. The van der Waals surface area contributed by atoms with E-state index < -0.39 is 0 Å². The lowest BCUT2D eigenvalue weighted by molar-refractivity contribution is -0.121. The van der Waals surface area contributed by atoms with Crippen LogP contribution in [0, 0.1) is 0 Å². The van der Waals surface area contributed by atoms with Crippen LogP contribution >= 0.6 is 0 Å². The molecule has 0 aliphatic heterocycles. The third-order valence-electron chi connectivity index (χ3n) is 5.41. The molecular weight excluding hydrogens is 366 g/mol. The van der Waals surface area contributed by atoms with Gasteiger partial charge < -0.3 is 5.32 Å². The molecule has 30 heavy (non-hydrogen) atoms. The van der Waals surface area contributed by atoms with E-state index >= 15 is 0 Å². The second-order valence-corrected chi connectivity index (χ2v) is 7.37. The third kappa shape index (κ3) is 4.66. The number of hydrogen-bond donors (Lipinski definition) is 1. The zero-order chi connectivity index (χ0) is 20.6. The summed E-state index contributed by atoms with van der Waals surface area (Å²) >= 11 is 0. The van der Waals surface area contributed by atoms with Crippen LogP contribution in [0.15, 0.2) is 121 Å². The second kappa shape index (κ2) is 9.71. The maximum absolute atomic E-state index is 13.4. The SMILES string of the molecule is O=C(NCC(c1ccccc1)c1ccccc1)C(c1ccccc1)c1ccccc1. The van der Waals surface area contributed by atoms with E-state index in [0.717, 1.165) is 11.1 Å². The van der Waals surface area contributed by atoms with Gasteiger partial charge in [0.1, 0.15) is 0 Å². The lowest BCUT2D eigenvalue weighted by atomic mass is 9.89. The molecule has 4 rings (SSSR count). The van der Waals surface area contributed by atoms with E-state index in [4.69, 9.17) is 0 Å². The van der Waals surface area contributed by atoms with Crippen molar-refractivity contribution in [3.8, 4) is 0 Å². The van der Waals surface area contributed by atoms with Crippen molar-refractivity contribution in [1.82, 2.24) is 5.32 Å². The Bertz CT molecular complexity index is 968. The zero-order valence-corrected chi connectivity index (χ0v) is 16.8. The number of nitrogens with one attached hydrogen (secondary N) is 1. The van der Waals surface area contributed by atoms with Gasteiger partial charge in [-0.15, -0.1) is 0 Å². The average Bonchev–Trinajstić information content (AvgIpc) is 2.82. The topological polar surface area (TPSA) is 29.1 Å². The van der Waals surface area contributed by atoms with Crippen LogP contribution in [-0.4, -0.2) is 12.5 Å². The maximum atomic E-state index is 13.4. The Morgan fingerprint density at radius 1 is 0.533 bits per heavy atom. The Balaban J connectivity index is 1.60. The standard InChI is InChI=1S/C28H25NO/c30-28(27(24-17-9-3-10-18-24)25-19-11-4-12-20-25)29-21-26(22-13-5-1-6-14-22)23-15-7-2-8-16-23/h1-20,26-27H,21H2,(H,29,30). The molecule has 4 aromatic rings. The number of carbonyl (C=O) groups is 1. The van der Waals surface area contributed by atoms with Crippen LogP contribution in [0.4, 0.5) is 0 Å². The molecule has 0 spiro atoms. The highest BCUT2D eigenvalue weighted by atomic mass is 16.1. The van der Waals surface area contributed by atoms with Gasteiger partial charge in [-0.2, -0.15) is 0 Å². The minimum absolute atomic E-state index is 0.0178. The fourth-order valence-electron chi connectivity index (χ4n) is 3.89. The molecule has 0 aliphatic rings. The highest BCUT2D eigenvalue weighted by Gasteiger charge is 2.24. The summed E-state index contributed by atoms with van der Waals surface area (Å²) in [5.74, 6) is -0.215. The van der Waals surface area contributed by atoms with E-state index in [1.165, 1.54) is 11.1 Å². The van der Waals surface area contributed by atoms with Crippen molar-refractivity contribution >= 4 is 5.91 Å². The van der Waals surface area contributed by atoms with Gasteiger partial charge in [-0.25, -0.2) is 0 Å². The molecule has 0 atom stereocenters. The molecule has 1 amide bonds. The normalized spacial score (nSPS) is 10.9. The molecule has 2 nitrogen and oxygen atoms in total. The van der Waals surface area contributed by atoms with Gasteiger partial charge in [-0.1, -0.05) is 121 Å². The summed E-state index contributed by atoms with van der Waals surface area (Å²) in [6.07, 6.45) is 0. The van der Waals surface area contributed by atoms with Gasteiger partial charge in [0.05, 0.1) is 5.92 Å². The Morgan fingerprint density at radius 2 is 0.867 bits per heavy atom. The molecule has 0 saturated carbocycles. The second-order valence-electron chi connectivity index (χ2n) is 7.37. The molecule has 0 saturated heterocycles. The largest absolute Gasteiger partial charge is 0.354 e. The van der Waals surface area contributed by atoms with Crippen LogP contribution in [0.25, 0.3) is 0 Å². The number of hydrogen-bond acceptors (Lipinski definition) is 1. The van der Waals surface area contributed by atoms with Crippen molar-refractivity contribution in [3.05, 3.63) is 144 Å². The van der Waals surface area contributed by atoms with Crippen LogP contribution in [0.3, 0.4) is 0 Å². The Kier molecular flexibility index (Phi) is 6.36. The van der Waals surface area contributed by atoms with E-state index in [1.54, 1.807) is 0 Å². The number of rotatable bonds is 7. The predicted octanol–water partition coefficient (Wildman–Crippen LogP) is 5.77. The lowest BCUT2D eigenvalue weighted by Crippen LogP contribution is -2.33. The van der Waals surface area contributed by atoms with Crippen LogP contribution in [0.1, 0.15) is 34.1 Å². The molecule has 0 bridgehead atoms. The summed E-state index contributed by atoms with van der Waals surface area (Å²) < 4.78 is 0. The number of amides is 1. The van der Waals surface area contributed by atoms with Crippen molar-refractivity contribution in [3.63, 3.8) is 0 Å². The van der Waals surface area contributed by atoms with Crippen LogP contribution < -0.4 is 5.32 Å². The van der Waals surface area contributed by atoms with Gasteiger partial charge in [-0.05, 0) is 22.3 Å². The first-order valence-electron chi connectivity index (χ1n) is 10.3. The molecule has 0 aliphatic carbocycles. The summed E-state index contributed by atoms with van der Waals surface area (Å²) in [7, 11) is 0. The molecule has 148 valence electrons. The van der Waals surface area contributed by atoms with Gasteiger partial charge in [0, 0.05) is 12.5 Å². The van der Waals surface area contributed by atoms with Gasteiger partial charge in [0.25, 0.3) is 0 Å². The quantitative estimate of drug-likeness (QED) is 0.426. The molecule has 0 fully saturated rings. The molecule has 0 radical (unpaired) electrons. The number of benzene rings is 4. The van der Waals surface area contributed by atoms with Gasteiger partial charge in [-0.3, -0.25) is 4.79 Å². The maximum Gasteiger partial charge on any atom is 0.232 e. The van der Waals surface area contributed by atoms with Crippen LogP contribution in [0.2, 0.25) is 0 Å². The minimum Gasteiger partial charge on any atom is -0.354 e. The predicted molar refractivity (Wildman–Crippen MR) is 122 cm³/mol. The first kappa shape index (κ1) is 19.7. The van der Waals surface area contributed by atoms with E-state index in [9.17, 15) is 4.79 Å². The van der Waals surface area contributed by atoms with E-state index in [2.05, 4.69) is 29.6 Å². The van der Waals surface area contributed by atoms with Crippen molar-refractivity contribution in [2.75, 3.05) is 6.54 Å². The molecule has 1 N–H and O–H groups in total. The third-order valence-corrected chi connectivity index (χ3v) is 5.41. The highest BCUT2D eigenvalue weighted by molar-refractivity contribution is 5.87. The summed E-state index contributed by atoms with van der Waals surface area (Å²) in [5.41, 5.74) is 4.38. The Labute approximate surface area is 178 Å². The van der Waals surface area contributed by atoms with Crippen molar-refractivity contribution in [2.24, 2.45) is 0 Å². The molecule has 0 unspecified atom stereocenters. The highest BCUT2D eigenvalue weighted by Crippen LogP contribution is 2.27. The van der Waals surface area contributed by atoms with Crippen LogP contribution in [-0.2, 0) is 4.79 Å². The zero-order valence-electron chi connectivity index (χ0n) is 16.8. The smallest absolute Gasteiger partial charge is 0.232 e. The summed E-state index contributed by atoms with van der Waals surface area (Å²) in [4.78, 5) is 13.4. The van der Waals surface area contributed by atoms with Crippen molar-refractivity contribution in [1.29, 1.82) is 0 Å². The minimum atomic E-state index is -0.334. The molecule has 0 heterocycles. The van der Waals surface area contributed by atoms with E-state index in [-0.39, 0.29) is 17.7 Å². The fraction of sp³-hybridized carbons (Fsp3) is 0.107. The van der Waals surface area contributed by atoms with Gasteiger partial charge in [0.2, 0.25) is 5.91 Å². The first-order valence-corrected chi connectivity index (χ1v) is 10.3. The lowest BCUT2D eigenvalue weighted by Gasteiger charge is -2.22. The molecule has 2 heteroatoms. The summed E-state index contributed by atoms with van der Waals surface area (Å²) in [5, 5.41) is 3.24. The molecule has 0 aromatic heterocycles. The number of carbonyl (C=O) groups excluding carboxylic acids is 1. The van der Waals surface area contributed by atoms with E-state index in [0.29, 0.717) is 6.54 Å². The van der Waals surface area contributed by atoms with Crippen LogP contribution in [0.5, 0.6) is 0 Å². The first-order chi connectivity index (χ1) is 14.8. The van der Waals surface area contributed by atoms with E-state index in [1.807, 2.05) is 97.1 Å². The van der Waals surface area contributed by atoms with Gasteiger partial charge in [0.15, 0.2) is 0 Å². The molecule has 4 aromatic carbocycles. The van der Waals surface area contributed by atoms with Crippen molar-refractivity contribution in [2.45, 2.75) is 11.8 Å². The fourth-order valence-corrected chi connectivity index (χ4v) is 3.89.